The number of hydrogen-bond donors (Lipinski definition) is 0. The van der Waals surface area contributed by atoms with Crippen LogP contribution in [0.1, 0.15) is 24.3 Å². The number of benzene rings is 1. The average molecular weight is 456 g/mol. The lowest BCUT2D eigenvalue weighted by Gasteiger charge is -2.29. The van der Waals surface area contributed by atoms with Crippen LogP contribution in [0.3, 0.4) is 0 Å². The molecule has 0 radical (unpaired) electrons. The van der Waals surface area contributed by atoms with E-state index < -0.39 is 0 Å². The van der Waals surface area contributed by atoms with Crippen molar-refractivity contribution in [1.29, 1.82) is 0 Å². The molecule has 0 saturated carbocycles. The minimum absolute atomic E-state index is 0.174. The second-order valence-corrected chi connectivity index (χ2v) is 9.98. The zero-order chi connectivity index (χ0) is 21.4. The highest BCUT2D eigenvalue weighted by Gasteiger charge is 2.27. The van der Waals surface area contributed by atoms with E-state index >= 15 is 0 Å². The van der Waals surface area contributed by atoms with Crippen molar-refractivity contribution in [3.05, 3.63) is 46.3 Å². The molecule has 0 saturated heterocycles. The topological polar surface area (TPSA) is 56.6 Å². The predicted molar refractivity (Wildman–Crippen MR) is 123 cm³/mol. The molecular formula is C23H25N3O3S2. The molecule has 1 aromatic carbocycles. The molecule has 2 aliphatic heterocycles. The van der Waals surface area contributed by atoms with Gasteiger partial charge in [0.25, 0.3) is 0 Å². The van der Waals surface area contributed by atoms with Crippen LogP contribution < -0.4 is 9.47 Å². The van der Waals surface area contributed by atoms with Crippen LogP contribution in [0, 0.1) is 0 Å². The molecule has 0 bridgehead atoms. The van der Waals surface area contributed by atoms with Gasteiger partial charge in [-0.1, -0.05) is 11.8 Å². The Labute approximate surface area is 190 Å². The van der Waals surface area contributed by atoms with Crippen LogP contribution in [0.25, 0.3) is 11.3 Å². The standard InChI is InChI=1S/C23H25N3O3S2/c1-3-26-18(16-4-5-19-20(12-16)29-10-9-28-19)13-24-23(26)31-15(2)22(27)25-8-6-21-17(14-25)7-11-30-21/h4-5,7,11-13,15H,3,6,8-10,14H2,1-2H3. The molecular weight excluding hydrogens is 430 g/mol. The summed E-state index contributed by atoms with van der Waals surface area (Å²) in [5.41, 5.74) is 3.34. The van der Waals surface area contributed by atoms with Crippen molar-refractivity contribution in [2.45, 2.75) is 43.8 Å². The fourth-order valence-electron chi connectivity index (χ4n) is 4.09. The lowest BCUT2D eigenvalue weighted by Crippen LogP contribution is -2.39. The number of hydrogen-bond acceptors (Lipinski definition) is 6. The second kappa shape index (κ2) is 8.59. The van der Waals surface area contributed by atoms with E-state index in [9.17, 15) is 4.79 Å². The molecule has 0 fully saturated rings. The lowest BCUT2D eigenvalue weighted by molar-refractivity contribution is -0.131. The fraction of sp³-hybridized carbons (Fsp3) is 0.391. The normalized spacial score (nSPS) is 16.1. The summed E-state index contributed by atoms with van der Waals surface area (Å²) >= 11 is 3.32. The Bertz CT molecular complexity index is 1110. The summed E-state index contributed by atoms with van der Waals surface area (Å²) in [6, 6.07) is 8.13. The highest BCUT2D eigenvalue weighted by atomic mass is 32.2. The van der Waals surface area contributed by atoms with Crippen LogP contribution in [0.4, 0.5) is 0 Å². The molecule has 2 aliphatic rings. The summed E-state index contributed by atoms with van der Waals surface area (Å²) in [6.07, 6.45) is 2.83. The summed E-state index contributed by atoms with van der Waals surface area (Å²) in [5, 5.41) is 2.79. The number of thiophene rings is 1. The van der Waals surface area contributed by atoms with Crippen molar-refractivity contribution in [2.75, 3.05) is 19.8 Å². The number of imidazole rings is 1. The van der Waals surface area contributed by atoms with E-state index in [1.54, 1.807) is 11.3 Å². The predicted octanol–water partition coefficient (Wildman–Crippen LogP) is 4.47. The van der Waals surface area contributed by atoms with Gasteiger partial charge in [-0.2, -0.15) is 0 Å². The zero-order valence-corrected chi connectivity index (χ0v) is 19.3. The lowest BCUT2D eigenvalue weighted by atomic mass is 10.1. The largest absolute Gasteiger partial charge is 0.486 e. The molecule has 5 rings (SSSR count). The summed E-state index contributed by atoms with van der Waals surface area (Å²) in [7, 11) is 0. The quantitative estimate of drug-likeness (QED) is 0.532. The Hall–Kier alpha value is -2.45. The van der Waals surface area contributed by atoms with Gasteiger partial charge in [-0.3, -0.25) is 4.79 Å². The van der Waals surface area contributed by atoms with Gasteiger partial charge in [-0.05, 0) is 55.5 Å². The first-order valence-corrected chi connectivity index (χ1v) is 12.4. The molecule has 162 valence electrons. The number of fused-ring (bicyclic) bond motifs is 2. The molecule has 1 atom stereocenters. The highest BCUT2D eigenvalue weighted by molar-refractivity contribution is 8.00. The molecule has 0 N–H and O–H groups in total. The van der Waals surface area contributed by atoms with Gasteiger partial charge in [0.15, 0.2) is 16.7 Å². The summed E-state index contributed by atoms with van der Waals surface area (Å²) in [5.74, 6) is 1.72. The summed E-state index contributed by atoms with van der Waals surface area (Å²) in [4.78, 5) is 21.2. The molecule has 6 nitrogen and oxygen atoms in total. The summed E-state index contributed by atoms with van der Waals surface area (Å²) < 4.78 is 13.5. The Balaban J connectivity index is 1.33. The van der Waals surface area contributed by atoms with Gasteiger partial charge in [-0.15, -0.1) is 11.3 Å². The van der Waals surface area contributed by atoms with Crippen LogP contribution >= 0.6 is 23.1 Å². The van der Waals surface area contributed by atoms with Crippen molar-refractivity contribution in [1.82, 2.24) is 14.5 Å². The second-order valence-electron chi connectivity index (χ2n) is 7.67. The maximum absolute atomic E-state index is 13.1. The average Bonchev–Trinajstić information content (AvgIpc) is 3.44. The van der Waals surface area contributed by atoms with E-state index in [4.69, 9.17) is 9.47 Å². The molecule has 2 aromatic heterocycles. The van der Waals surface area contributed by atoms with Gasteiger partial charge in [0.05, 0.1) is 17.1 Å². The van der Waals surface area contributed by atoms with Crippen LogP contribution in [0.2, 0.25) is 0 Å². The Morgan fingerprint density at radius 1 is 1.26 bits per heavy atom. The number of carbonyl (C=O) groups excluding carboxylic acids is 1. The van der Waals surface area contributed by atoms with Crippen molar-refractivity contribution in [3.63, 3.8) is 0 Å². The van der Waals surface area contributed by atoms with Crippen molar-refractivity contribution < 1.29 is 14.3 Å². The van der Waals surface area contributed by atoms with Gasteiger partial charge in [0, 0.05) is 30.1 Å². The number of rotatable bonds is 5. The smallest absolute Gasteiger partial charge is 0.236 e. The van der Waals surface area contributed by atoms with Crippen molar-refractivity contribution in [3.8, 4) is 22.8 Å². The van der Waals surface area contributed by atoms with E-state index in [1.165, 1.54) is 22.2 Å². The monoisotopic (exact) mass is 455 g/mol. The Morgan fingerprint density at radius 3 is 2.94 bits per heavy atom. The maximum Gasteiger partial charge on any atom is 0.236 e. The number of thioether (sulfide) groups is 1. The first-order valence-electron chi connectivity index (χ1n) is 10.6. The van der Waals surface area contributed by atoms with Crippen LogP contribution in [0.5, 0.6) is 11.5 Å². The number of nitrogens with zero attached hydrogens (tertiary/aromatic N) is 3. The van der Waals surface area contributed by atoms with Gasteiger partial charge in [0.1, 0.15) is 13.2 Å². The van der Waals surface area contributed by atoms with Crippen LogP contribution in [-0.2, 0) is 24.3 Å². The molecule has 8 heteroatoms. The fourth-order valence-corrected chi connectivity index (χ4v) is 6.02. The summed E-state index contributed by atoms with van der Waals surface area (Å²) in [6.45, 7) is 7.51. The first kappa shape index (κ1) is 20.5. The molecule has 1 amide bonds. The van der Waals surface area contributed by atoms with E-state index in [2.05, 4.69) is 27.9 Å². The maximum atomic E-state index is 13.1. The third kappa shape index (κ3) is 3.94. The molecule has 3 aromatic rings. The van der Waals surface area contributed by atoms with Gasteiger partial charge < -0.3 is 18.9 Å². The van der Waals surface area contributed by atoms with E-state index in [0.717, 1.165) is 47.4 Å². The Morgan fingerprint density at radius 2 is 2.10 bits per heavy atom. The SMILES string of the molecule is CCn1c(-c2ccc3c(c2)OCCO3)cnc1SC(C)C(=O)N1CCc2sccc2C1. The van der Waals surface area contributed by atoms with Gasteiger partial charge in [0.2, 0.25) is 5.91 Å². The molecule has 0 aliphatic carbocycles. The minimum atomic E-state index is -0.194. The van der Waals surface area contributed by atoms with E-state index in [0.29, 0.717) is 19.8 Å². The van der Waals surface area contributed by atoms with Crippen molar-refractivity contribution in [2.24, 2.45) is 0 Å². The minimum Gasteiger partial charge on any atom is -0.486 e. The first-order chi connectivity index (χ1) is 15.1. The van der Waals surface area contributed by atoms with Crippen LogP contribution in [-0.4, -0.2) is 45.4 Å². The Kier molecular flexibility index (Phi) is 5.67. The third-order valence-electron chi connectivity index (χ3n) is 5.72. The molecule has 1 unspecified atom stereocenters. The van der Waals surface area contributed by atoms with E-state index in [1.807, 2.05) is 36.2 Å². The van der Waals surface area contributed by atoms with Crippen LogP contribution in [0.15, 0.2) is 41.0 Å². The molecule has 4 heterocycles. The van der Waals surface area contributed by atoms with Crippen molar-refractivity contribution >= 4 is 29.0 Å². The molecule has 0 spiro atoms. The number of ether oxygens (including phenoxy) is 2. The third-order valence-corrected chi connectivity index (χ3v) is 7.84. The van der Waals surface area contributed by atoms with Gasteiger partial charge >= 0.3 is 0 Å². The molecule has 31 heavy (non-hydrogen) atoms. The number of carbonyl (C=O) groups is 1. The number of amides is 1. The number of aromatic nitrogens is 2. The van der Waals surface area contributed by atoms with Gasteiger partial charge in [-0.25, -0.2) is 4.98 Å². The van der Waals surface area contributed by atoms with E-state index in [-0.39, 0.29) is 11.2 Å². The highest BCUT2D eigenvalue weighted by Crippen LogP contribution is 2.36. The zero-order valence-electron chi connectivity index (χ0n) is 17.7.